The lowest BCUT2D eigenvalue weighted by Crippen LogP contribution is -2.18. The Bertz CT molecular complexity index is 461. The first kappa shape index (κ1) is 11.8. The molecule has 17 heavy (non-hydrogen) atoms. The molecule has 1 aromatic heterocycles. The summed E-state index contributed by atoms with van der Waals surface area (Å²) in [6, 6.07) is 10.2. The number of nitrogens with two attached hydrogens (primary N) is 1. The first-order valence-electron chi connectivity index (χ1n) is 5.90. The second-order valence-electron chi connectivity index (χ2n) is 4.52. The third kappa shape index (κ3) is 2.71. The van der Waals surface area contributed by atoms with Gasteiger partial charge in [0.05, 0.1) is 17.6 Å². The number of rotatable bonds is 4. The molecule has 1 aromatic carbocycles. The van der Waals surface area contributed by atoms with Crippen LogP contribution in [0.1, 0.15) is 31.9 Å². The van der Waals surface area contributed by atoms with Gasteiger partial charge in [0, 0.05) is 12.0 Å². The number of nitrogens with zero attached hydrogens (tertiary/aromatic N) is 3. The van der Waals surface area contributed by atoms with Gasteiger partial charge in [0.25, 0.3) is 0 Å². The first-order chi connectivity index (χ1) is 8.18. The van der Waals surface area contributed by atoms with E-state index in [1.54, 1.807) is 0 Å². The Hall–Kier alpha value is -1.68. The maximum Gasteiger partial charge on any atom is 0.0732 e. The molecular weight excluding hydrogens is 212 g/mol. The lowest BCUT2D eigenvalue weighted by Gasteiger charge is -2.15. The normalized spacial score (nSPS) is 14.5. The molecule has 4 heteroatoms. The molecule has 4 nitrogen and oxygen atoms in total. The topological polar surface area (TPSA) is 56.7 Å². The summed E-state index contributed by atoms with van der Waals surface area (Å²) in [6.45, 7) is 4.18. The minimum absolute atomic E-state index is 0.184. The summed E-state index contributed by atoms with van der Waals surface area (Å²) in [4.78, 5) is 0. The third-order valence-electron chi connectivity index (χ3n) is 2.81. The van der Waals surface area contributed by atoms with Gasteiger partial charge in [-0.1, -0.05) is 30.3 Å². The van der Waals surface area contributed by atoms with E-state index in [2.05, 4.69) is 17.2 Å². The van der Waals surface area contributed by atoms with Gasteiger partial charge in [-0.15, -0.1) is 5.10 Å². The van der Waals surface area contributed by atoms with Crippen molar-refractivity contribution in [3.8, 4) is 5.69 Å². The van der Waals surface area contributed by atoms with Crippen LogP contribution in [0, 0.1) is 0 Å². The van der Waals surface area contributed by atoms with Crippen LogP contribution in [-0.2, 0) is 0 Å². The van der Waals surface area contributed by atoms with Gasteiger partial charge < -0.3 is 5.73 Å². The molecule has 0 spiro atoms. The van der Waals surface area contributed by atoms with E-state index in [0.717, 1.165) is 17.8 Å². The van der Waals surface area contributed by atoms with Crippen LogP contribution < -0.4 is 5.73 Å². The van der Waals surface area contributed by atoms with Crippen LogP contribution in [0.5, 0.6) is 0 Å². The van der Waals surface area contributed by atoms with E-state index >= 15 is 0 Å². The minimum atomic E-state index is 0.184. The molecule has 2 unspecified atom stereocenters. The van der Waals surface area contributed by atoms with E-state index in [9.17, 15) is 0 Å². The van der Waals surface area contributed by atoms with Crippen LogP contribution in [0.25, 0.3) is 5.69 Å². The summed E-state index contributed by atoms with van der Waals surface area (Å²) < 4.78 is 1.88. The van der Waals surface area contributed by atoms with Crippen molar-refractivity contribution in [2.45, 2.75) is 32.2 Å². The smallest absolute Gasteiger partial charge is 0.0732 e. The molecule has 0 saturated carbocycles. The van der Waals surface area contributed by atoms with E-state index < -0.39 is 0 Å². The molecule has 2 aromatic rings. The molecule has 2 N–H and O–H groups in total. The molecular formula is C13H18N4. The average Bonchev–Trinajstić information content (AvgIpc) is 2.78. The fourth-order valence-electron chi connectivity index (χ4n) is 2.03. The predicted molar refractivity (Wildman–Crippen MR) is 68.0 cm³/mol. The molecule has 0 aliphatic heterocycles. The minimum Gasteiger partial charge on any atom is -0.328 e. The van der Waals surface area contributed by atoms with Gasteiger partial charge >= 0.3 is 0 Å². The highest BCUT2D eigenvalue weighted by Gasteiger charge is 2.14. The molecule has 1 heterocycles. The monoisotopic (exact) mass is 230 g/mol. The van der Waals surface area contributed by atoms with Gasteiger partial charge in [-0.25, -0.2) is 4.68 Å². The van der Waals surface area contributed by atoms with E-state index in [1.165, 1.54) is 0 Å². The summed E-state index contributed by atoms with van der Waals surface area (Å²) in [5.74, 6) is 0.352. The maximum atomic E-state index is 5.84. The summed E-state index contributed by atoms with van der Waals surface area (Å²) in [7, 11) is 0. The van der Waals surface area contributed by atoms with Crippen LogP contribution in [0.15, 0.2) is 36.5 Å². The van der Waals surface area contributed by atoms with Crippen molar-refractivity contribution < 1.29 is 0 Å². The van der Waals surface area contributed by atoms with Gasteiger partial charge in [-0.2, -0.15) is 0 Å². The SMILES string of the molecule is CC(N)CC(C)c1cnnn1-c1ccccc1. The van der Waals surface area contributed by atoms with Gasteiger partial charge in [-0.05, 0) is 25.5 Å². The Labute approximate surface area is 101 Å². The largest absolute Gasteiger partial charge is 0.328 e. The van der Waals surface area contributed by atoms with Crippen molar-refractivity contribution in [1.82, 2.24) is 15.0 Å². The molecule has 0 radical (unpaired) electrons. The summed E-state index contributed by atoms with van der Waals surface area (Å²) in [5.41, 5.74) is 7.98. The maximum absolute atomic E-state index is 5.84. The summed E-state index contributed by atoms with van der Waals surface area (Å²) in [6.07, 6.45) is 2.75. The van der Waals surface area contributed by atoms with Gasteiger partial charge in [-0.3, -0.25) is 0 Å². The van der Waals surface area contributed by atoms with E-state index in [-0.39, 0.29) is 6.04 Å². The summed E-state index contributed by atoms with van der Waals surface area (Å²) >= 11 is 0. The Balaban J connectivity index is 2.29. The van der Waals surface area contributed by atoms with Gasteiger partial charge in [0.15, 0.2) is 0 Å². The second-order valence-corrected chi connectivity index (χ2v) is 4.52. The van der Waals surface area contributed by atoms with Crippen LogP contribution >= 0.6 is 0 Å². The molecule has 0 fully saturated rings. The molecule has 0 aliphatic rings. The van der Waals surface area contributed by atoms with Crippen LogP contribution in [-0.4, -0.2) is 21.0 Å². The Morgan fingerprint density at radius 1 is 1.24 bits per heavy atom. The number of para-hydroxylation sites is 1. The number of hydrogen-bond donors (Lipinski definition) is 1. The van der Waals surface area contributed by atoms with Crippen molar-refractivity contribution in [3.63, 3.8) is 0 Å². The van der Waals surface area contributed by atoms with Crippen molar-refractivity contribution in [3.05, 3.63) is 42.2 Å². The van der Waals surface area contributed by atoms with E-state index in [0.29, 0.717) is 5.92 Å². The predicted octanol–water partition coefficient (Wildman–Crippen LogP) is 2.11. The zero-order valence-corrected chi connectivity index (χ0v) is 10.2. The lowest BCUT2D eigenvalue weighted by atomic mass is 10.00. The highest BCUT2D eigenvalue weighted by Crippen LogP contribution is 2.21. The second kappa shape index (κ2) is 5.10. The van der Waals surface area contributed by atoms with Crippen molar-refractivity contribution in [2.75, 3.05) is 0 Å². The highest BCUT2D eigenvalue weighted by atomic mass is 15.4. The fourth-order valence-corrected chi connectivity index (χ4v) is 2.03. The quantitative estimate of drug-likeness (QED) is 0.875. The van der Waals surface area contributed by atoms with E-state index in [4.69, 9.17) is 5.73 Å². The van der Waals surface area contributed by atoms with Gasteiger partial charge in [0.1, 0.15) is 0 Å². The van der Waals surface area contributed by atoms with Crippen molar-refractivity contribution >= 4 is 0 Å². The lowest BCUT2D eigenvalue weighted by molar-refractivity contribution is 0.560. The molecule has 0 amide bonds. The van der Waals surface area contributed by atoms with E-state index in [1.807, 2.05) is 48.1 Å². The highest BCUT2D eigenvalue weighted by molar-refractivity contribution is 5.32. The zero-order valence-electron chi connectivity index (χ0n) is 10.2. The molecule has 0 aliphatic carbocycles. The molecule has 2 atom stereocenters. The Morgan fingerprint density at radius 3 is 2.59 bits per heavy atom. The van der Waals surface area contributed by atoms with Gasteiger partial charge in [0.2, 0.25) is 0 Å². The van der Waals surface area contributed by atoms with Crippen molar-refractivity contribution in [1.29, 1.82) is 0 Å². The van der Waals surface area contributed by atoms with Crippen LogP contribution in [0.3, 0.4) is 0 Å². The van der Waals surface area contributed by atoms with Crippen molar-refractivity contribution in [2.24, 2.45) is 5.73 Å². The standard InChI is InChI=1S/C13H18N4/c1-10(8-11(2)14)13-9-15-16-17(13)12-6-4-3-5-7-12/h3-7,9-11H,8,14H2,1-2H3. The number of aromatic nitrogens is 3. The van der Waals surface area contributed by atoms with Crippen LogP contribution in [0.4, 0.5) is 0 Å². The molecule has 2 rings (SSSR count). The first-order valence-corrected chi connectivity index (χ1v) is 5.90. The average molecular weight is 230 g/mol. The molecule has 0 saturated heterocycles. The van der Waals surface area contributed by atoms with Crippen LogP contribution in [0.2, 0.25) is 0 Å². The fraction of sp³-hybridized carbons (Fsp3) is 0.385. The molecule has 90 valence electrons. The Kier molecular flexibility index (Phi) is 3.54. The third-order valence-corrected chi connectivity index (χ3v) is 2.81. The Morgan fingerprint density at radius 2 is 1.94 bits per heavy atom. The number of hydrogen-bond acceptors (Lipinski definition) is 3. The number of benzene rings is 1. The molecule has 0 bridgehead atoms. The zero-order chi connectivity index (χ0) is 12.3. The summed E-state index contributed by atoms with van der Waals surface area (Å²) in [5, 5.41) is 8.14.